The number of benzene rings is 2. The smallest absolute Gasteiger partial charge is 0.215 e. The van der Waals surface area contributed by atoms with Crippen molar-refractivity contribution in [3.8, 4) is 11.6 Å². The van der Waals surface area contributed by atoms with Crippen molar-refractivity contribution in [2.75, 3.05) is 0 Å². The second-order valence-electron chi connectivity index (χ2n) is 6.50. The van der Waals surface area contributed by atoms with E-state index in [0.29, 0.717) is 9.93 Å². The lowest BCUT2D eigenvalue weighted by Gasteiger charge is -2.04. The zero-order valence-electron chi connectivity index (χ0n) is 15.5. The molecule has 4 aromatic rings. The summed E-state index contributed by atoms with van der Waals surface area (Å²) in [7, 11) is 0. The van der Waals surface area contributed by atoms with Gasteiger partial charge in [0.25, 0.3) is 0 Å². The molecule has 0 spiro atoms. The highest BCUT2D eigenvalue weighted by molar-refractivity contribution is 7.13. The summed E-state index contributed by atoms with van der Waals surface area (Å²) in [6.07, 6.45) is 3.79. The molecular weight excluding hydrogens is 400 g/mol. The number of aryl methyl sites for hydroxylation is 1. The number of nitrogens with zero attached hydrogens (tertiary/aromatic N) is 4. The second kappa shape index (κ2) is 7.27. The summed E-state index contributed by atoms with van der Waals surface area (Å²) in [5.74, 6) is 0.151. The molecule has 5 nitrogen and oxygen atoms in total. The van der Waals surface area contributed by atoms with E-state index in [9.17, 15) is 5.11 Å². The van der Waals surface area contributed by atoms with Gasteiger partial charge >= 0.3 is 0 Å². The van der Waals surface area contributed by atoms with Crippen LogP contribution in [0.1, 0.15) is 16.1 Å². The summed E-state index contributed by atoms with van der Waals surface area (Å²) >= 11 is 2.91. The lowest BCUT2D eigenvalue weighted by molar-refractivity contribution is 0.439. The Hall–Kier alpha value is -3.29. The maximum Gasteiger partial charge on any atom is 0.215 e. The van der Waals surface area contributed by atoms with E-state index in [0.717, 1.165) is 33.1 Å². The van der Waals surface area contributed by atoms with Crippen LogP contribution in [0.5, 0.6) is 5.88 Å². The van der Waals surface area contributed by atoms with Gasteiger partial charge in [0.1, 0.15) is 0 Å². The Kier molecular flexibility index (Phi) is 4.46. The molecule has 0 aliphatic carbocycles. The fourth-order valence-corrected chi connectivity index (χ4v) is 4.84. The van der Waals surface area contributed by atoms with Crippen molar-refractivity contribution in [1.82, 2.24) is 9.55 Å². The van der Waals surface area contributed by atoms with Crippen LogP contribution in [-0.4, -0.2) is 20.9 Å². The molecule has 0 radical (unpaired) electrons. The molecule has 0 saturated heterocycles. The van der Waals surface area contributed by atoms with Crippen LogP contribution in [0.15, 0.2) is 70.0 Å². The number of para-hydroxylation sites is 2. The molecule has 3 heterocycles. The molecule has 1 aliphatic rings. The third-order valence-electron chi connectivity index (χ3n) is 4.48. The molecule has 0 bridgehead atoms. The Morgan fingerprint density at radius 3 is 2.66 bits per heavy atom. The van der Waals surface area contributed by atoms with E-state index in [-0.39, 0.29) is 5.88 Å². The molecule has 142 valence electrons. The SMILES string of the molecule is Cc1csc(/N=c2/sc(/C=C3\C=Nc4ccccc43)c(O)n2-c2ccccc2)n1. The van der Waals surface area contributed by atoms with Crippen LogP contribution in [0.3, 0.4) is 0 Å². The topological polar surface area (TPSA) is 62.8 Å². The molecule has 5 rings (SSSR count). The monoisotopic (exact) mass is 416 g/mol. The van der Waals surface area contributed by atoms with Gasteiger partial charge in [-0.05, 0) is 31.2 Å². The predicted molar refractivity (Wildman–Crippen MR) is 120 cm³/mol. The van der Waals surface area contributed by atoms with Crippen LogP contribution < -0.4 is 4.80 Å². The molecule has 2 aromatic carbocycles. The highest BCUT2D eigenvalue weighted by Crippen LogP contribution is 2.35. The molecule has 7 heteroatoms. The number of thiazole rings is 2. The Bertz CT molecular complexity index is 1330. The summed E-state index contributed by atoms with van der Waals surface area (Å²) in [4.78, 5) is 15.0. The fourth-order valence-electron chi connectivity index (χ4n) is 3.14. The van der Waals surface area contributed by atoms with Crippen LogP contribution in [0, 0.1) is 6.92 Å². The van der Waals surface area contributed by atoms with Crippen LogP contribution in [-0.2, 0) is 0 Å². The van der Waals surface area contributed by atoms with E-state index >= 15 is 0 Å². The minimum absolute atomic E-state index is 0.151. The second-order valence-corrected chi connectivity index (χ2v) is 8.35. The van der Waals surface area contributed by atoms with Gasteiger partial charge in [0.2, 0.25) is 11.0 Å². The Morgan fingerprint density at radius 1 is 1.07 bits per heavy atom. The molecule has 0 saturated carbocycles. The van der Waals surface area contributed by atoms with E-state index in [4.69, 9.17) is 4.99 Å². The van der Waals surface area contributed by atoms with Gasteiger partial charge in [0.05, 0.1) is 21.9 Å². The summed E-state index contributed by atoms with van der Waals surface area (Å²) in [6.45, 7) is 1.94. The van der Waals surface area contributed by atoms with Crippen molar-refractivity contribution in [3.05, 3.63) is 80.9 Å². The van der Waals surface area contributed by atoms with Crippen molar-refractivity contribution in [1.29, 1.82) is 0 Å². The van der Waals surface area contributed by atoms with Gasteiger partial charge in [0.15, 0.2) is 4.80 Å². The molecular formula is C22H16N4OS2. The molecule has 0 amide bonds. The molecule has 2 aromatic heterocycles. The lowest BCUT2D eigenvalue weighted by atomic mass is 10.1. The zero-order valence-corrected chi connectivity index (χ0v) is 17.1. The number of hydrogen-bond acceptors (Lipinski definition) is 6. The third-order valence-corrected chi connectivity index (χ3v) is 6.31. The Labute approximate surface area is 175 Å². The largest absolute Gasteiger partial charge is 0.493 e. The van der Waals surface area contributed by atoms with Crippen molar-refractivity contribution < 1.29 is 5.11 Å². The molecule has 0 atom stereocenters. The van der Waals surface area contributed by atoms with Gasteiger partial charge in [-0.15, -0.1) is 11.3 Å². The number of hydrogen-bond donors (Lipinski definition) is 1. The maximum atomic E-state index is 11.1. The van der Waals surface area contributed by atoms with E-state index in [2.05, 4.69) is 9.98 Å². The van der Waals surface area contributed by atoms with E-state index in [1.807, 2.05) is 79.2 Å². The molecule has 1 N–H and O–H groups in total. The Morgan fingerprint density at radius 2 is 1.86 bits per heavy atom. The molecule has 29 heavy (non-hydrogen) atoms. The highest BCUT2D eigenvalue weighted by atomic mass is 32.1. The van der Waals surface area contributed by atoms with Gasteiger partial charge in [0, 0.05) is 22.7 Å². The number of aliphatic imine (C=N–C) groups is 1. The van der Waals surface area contributed by atoms with Crippen LogP contribution in [0.25, 0.3) is 17.3 Å². The molecule has 0 fully saturated rings. The first-order valence-electron chi connectivity index (χ1n) is 9.01. The zero-order chi connectivity index (χ0) is 19.8. The van der Waals surface area contributed by atoms with Gasteiger partial charge < -0.3 is 5.11 Å². The fraction of sp³-hybridized carbons (Fsp3) is 0.0455. The van der Waals surface area contributed by atoms with Gasteiger partial charge in [-0.1, -0.05) is 47.7 Å². The Balaban J connectivity index is 1.70. The summed E-state index contributed by atoms with van der Waals surface area (Å²) in [5.41, 5.74) is 4.74. The summed E-state index contributed by atoms with van der Waals surface area (Å²) < 4.78 is 1.76. The summed E-state index contributed by atoms with van der Waals surface area (Å²) in [6, 6.07) is 17.7. The average Bonchev–Trinajstić information content (AvgIpc) is 3.42. The third kappa shape index (κ3) is 3.35. The average molecular weight is 417 g/mol. The van der Waals surface area contributed by atoms with Crippen molar-refractivity contribution >= 4 is 51.4 Å². The predicted octanol–water partition coefficient (Wildman–Crippen LogP) is 5.50. The minimum Gasteiger partial charge on any atom is -0.493 e. The normalized spacial score (nSPS) is 14.7. The van der Waals surface area contributed by atoms with Crippen LogP contribution >= 0.6 is 22.7 Å². The first-order chi connectivity index (χ1) is 14.2. The van der Waals surface area contributed by atoms with E-state index < -0.39 is 0 Å². The maximum absolute atomic E-state index is 11.1. The van der Waals surface area contributed by atoms with Crippen molar-refractivity contribution in [2.45, 2.75) is 6.92 Å². The number of fused-ring (bicyclic) bond motifs is 1. The van der Waals surface area contributed by atoms with E-state index in [1.165, 1.54) is 22.7 Å². The lowest BCUT2D eigenvalue weighted by Crippen LogP contribution is -2.11. The number of allylic oxidation sites excluding steroid dienone is 1. The molecule has 0 unspecified atom stereocenters. The first kappa shape index (κ1) is 17.8. The van der Waals surface area contributed by atoms with Crippen molar-refractivity contribution in [2.24, 2.45) is 9.98 Å². The van der Waals surface area contributed by atoms with Crippen LogP contribution in [0.2, 0.25) is 0 Å². The van der Waals surface area contributed by atoms with Gasteiger partial charge in [-0.2, -0.15) is 4.99 Å². The van der Waals surface area contributed by atoms with Gasteiger partial charge in [-0.3, -0.25) is 9.56 Å². The highest BCUT2D eigenvalue weighted by Gasteiger charge is 2.17. The number of aromatic nitrogens is 2. The van der Waals surface area contributed by atoms with Crippen LogP contribution in [0.4, 0.5) is 10.8 Å². The van der Waals surface area contributed by atoms with Gasteiger partial charge in [-0.25, -0.2) is 4.98 Å². The van der Waals surface area contributed by atoms with E-state index in [1.54, 1.807) is 4.57 Å². The number of rotatable bonds is 3. The standard InChI is InChI=1S/C22H16N4OS2/c1-14-13-28-21(24-14)25-22-26(16-7-3-2-4-8-16)20(27)19(29-22)11-15-12-23-18-10-6-5-9-17(15)18/h2-13,27H,1H3/b15-11+,25-22+. The first-order valence-corrected chi connectivity index (χ1v) is 10.7. The number of aromatic hydroxyl groups is 1. The minimum atomic E-state index is 0.151. The molecule has 1 aliphatic heterocycles. The quantitative estimate of drug-likeness (QED) is 0.479. The summed E-state index contributed by atoms with van der Waals surface area (Å²) in [5, 5.41) is 13.7. The van der Waals surface area contributed by atoms with Crippen molar-refractivity contribution in [3.63, 3.8) is 0 Å².